The average Bonchev–Trinajstić information content (AvgIpc) is 2.71. The first-order valence-electron chi connectivity index (χ1n) is 6.74. The topological polar surface area (TPSA) is 34.1 Å². The lowest BCUT2D eigenvalue weighted by Crippen LogP contribution is -2.20. The van der Waals surface area contributed by atoms with Crippen molar-refractivity contribution < 1.29 is 8.42 Å². The third kappa shape index (κ3) is 3.73. The van der Waals surface area contributed by atoms with Gasteiger partial charge in [0.2, 0.25) is 0 Å². The highest BCUT2D eigenvalue weighted by Crippen LogP contribution is 2.29. The van der Waals surface area contributed by atoms with E-state index in [-0.39, 0.29) is 11.8 Å². The highest BCUT2D eigenvalue weighted by atomic mass is 35.5. The zero-order chi connectivity index (χ0) is 14.0. The Morgan fingerprint density at radius 3 is 2.58 bits per heavy atom. The maximum absolute atomic E-state index is 11.6. The van der Waals surface area contributed by atoms with Crippen LogP contribution in [0.4, 0.5) is 0 Å². The number of hydrogen-bond donors (Lipinski definition) is 0. The van der Waals surface area contributed by atoms with Gasteiger partial charge in [0.25, 0.3) is 0 Å². The SMILES string of the molecule is Cc1ccc(CC(CCl)C2CCS(=O)(=O)C2)cc1C. The van der Waals surface area contributed by atoms with Crippen LogP contribution < -0.4 is 0 Å². The van der Waals surface area contributed by atoms with Crippen LogP contribution in [0.25, 0.3) is 0 Å². The van der Waals surface area contributed by atoms with Crippen LogP contribution in [-0.4, -0.2) is 25.8 Å². The largest absolute Gasteiger partial charge is 0.229 e. The van der Waals surface area contributed by atoms with E-state index in [1.165, 1.54) is 16.7 Å². The van der Waals surface area contributed by atoms with Gasteiger partial charge in [0, 0.05) is 5.88 Å². The van der Waals surface area contributed by atoms with E-state index in [1.807, 2.05) is 0 Å². The second-order valence-corrected chi connectivity index (χ2v) is 8.24. The van der Waals surface area contributed by atoms with E-state index >= 15 is 0 Å². The molecule has 0 saturated carbocycles. The van der Waals surface area contributed by atoms with Crippen molar-refractivity contribution in [1.82, 2.24) is 0 Å². The first-order chi connectivity index (χ1) is 8.91. The molecule has 0 aliphatic carbocycles. The molecule has 1 aliphatic heterocycles. The van der Waals surface area contributed by atoms with Gasteiger partial charge in [-0.15, -0.1) is 11.6 Å². The molecular weight excluding hydrogens is 280 g/mol. The molecule has 2 atom stereocenters. The number of alkyl halides is 1. The Hall–Kier alpha value is -0.540. The van der Waals surface area contributed by atoms with Crippen molar-refractivity contribution in [1.29, 1.82) is 0 Å². The summed E-state index contributed by atoms with van der Waals surface area (Å²) in [5.74, 6) is 1.67. The van der Waals surface area contributed by atoms with E-state index < -0.39 is 9.84 Å². The van der Waals surface area contributed by atoms with Gasteiger partial charge in [-0.1, -0.05) is 18.2 Å². The summed E-state index contributed by atoms with van der Waals surface area (Å²) < 4.78 is 23.1. The Kier molecular flexibility index (Phi) is 4.57. The molecule has 1 fully saturated rings. The van der Waals surface area contributed by atoms with Crippen LogP contribution in [0, 0.1) is 25.7 Å². The molecule has 2 rings (SSSR count). The summed E-state index contributed by atoms with van der Waals surface area (Å²) in [5, 5.41) is 0. The minimum atomic E-state index is -2.82. The average molecular weight is 301 g/mol. The van der Waals surface area contributed by atoms with Crippen LogP contribution >= 0.6 is 11.6 Å². The van der Waals surface area contributed by atoms with Gasteiger partial charge in [-0.3, -0.25) is 0 Å². The molecule has 2 nitrogen and oxygen atoms in total. The first-order valence-corrected chi connectivity index (χ1v) is 9.09. The molecule has 0 bridgehead atoms. The monoisotopic (exact) mass is 300 g/mol. The van der Waals surface area contributed by atoms with Gasteiger partial charge in [0.1, 0.15) is 0 Å². The highest BCUT2D eigenvalue weighted by Gasteiger charge is 2.33. The zero-order valence-electron chi connectivity index (χ0n) is 11.5. The smallest absolute Gasteiger partial charge is 0.150 e. The molecule has 1 heterocycles. The quantitative estimate of drug-likeness (QED) is 0.801. The maximum Gasteiger partial charge on any atom is 0.150 e. The molecular formula is C15H21ClO2S. The molecule has 1 aromatic carbocycles. The fourth-order valence-corrected chi connectivity index (χ4v) is 5.06. The van der Waals surface area contributed by atoms with Gasteiger partial charge >= 0.3 is 0 Å². The van der Waals surface area contributed by atoms with Crippen molar-refractivity contribution in [3.05, 3.63) is 34.9 Å². The molecule has 1 aromatic rings. The van der Waals surface area contributed by atoms with Crippen molar-refractivity contribution in [3.8, 4) is 0 Å². The molecule has 106 valence electrons. The minimum Gasteiger partial charge on any atom is -0.229 e. The molecule has 1 saturated heterocycles. The van der Waals surface area contributed by atoms with Crippen molar-refractivity contribution >= 4 is 21.4 Å². The van der Waals surface area contributed by atoms with E-state index in [2.05, 4.69) is 32.0 Å². The number of sulfone groups is 1. The summed E-state index contributed by atoms with van der Waals surface area (Å²) in [6.45, 7) is 4.20. The normalized spacial score (nSPS) is 23.4. The van der Waals surface area contributed by atoms with Crippen LogP contribution in [0.2, 0.25) is 0 Å². The Labute approximate surface area is 121 Å². The zero-order valence-corrected chi connectivity index (χ0v) is 13.1. The molecule has 0 spiro atoms. The van der Waals surface area contributed by atoms with Crippen LogP contribution in [-0.2, 0) is 16.3 Å². The molecule has 19 heavy (non-hydrogen) atoms. The van der Waals surface area contributed by atoms with Gasteiger partial charge in [-0.25, -0.2) is 8.42 Å². The van der Waals surface area contributed by atoms with Crippen molar-refractivity contribution in [2.45, 2.75) is 26.7 Å². The Morgan fingerprint density at radius 2 is 2.05 bits per heavy atom. The Balaban J connectivity index is 2.09. The van der Waals surface area contributed by atoms with Gasteiger partial charge in [0.05, 0.1) is 11.5 Å². The van der Waals surface area contributed by atoms with Crippen molar-refractivity contribution in [3.63, 3.8) is 0 Å². The van der Waals surface area contributed by atoms with E-state index in [1.54, 1.807) is 0 Å². The number of rotatable bonds is 4. The van der Waals surface area contributed by atoms with Gasteiger partial charge in [-0.2, -0.15) is 0 Å². The van der Waals surface area contributed by atoms with E-state index in [0.717, 1.165) is 12.8 Å². The Bertz CT molecular complexity index is 551. The molecule has 0 aromatic heterocycles. The number of benzene rings is 1. The molecule has 2 unspecified atom stereocenters. The predicted molar refractivity (Wildman–Crippen MR) is 80.6 cm³/mol. The fourth-order valence-electron chi connectivity index (χ4n) is 2.78. The fraction of sp³-hybridized carbons (Fsp3) is 0.600. The number of hydrogen-bond acceptors (Lipinski definition) is 2. The van der Waals surface area contributed by atoms with Crippen molar-refractivity contribution in [2.24, 2.45) is 11.8 Å². The van der Waals surface area contributed by atoms with Crippen LogP contribution in [0.1, 0.15) is 23.1 Å². The molecule has 0 amide bonds. The number of halogens is 1. The summed E-state index contributed by atoms with van der Waals surface area (Å²) >= 11 is 6.07. The molecule has 1 aliphatic rings. The minimum absolute atomic E-state index is 0.226. The maximum atomic E-state index is 11.6. The molecule has 0 radical (unpaired) electrons. The summed E-state index contributed by atoms with van der Waals surface area (Å²) in [4.78, 5) is 0. The van der Waals surface area contributed by atoms with Gasteiger partial charge in [0.15, 0.2) is 9.84 Å². The van der Waals surface area contributed by atoms with Crippen LogP contribution in [0.5, 0.6) is 0 Å². The second-order valence-electron chi connectivity index (χ2n) is 5.70. The van der Waals surface area contributed by atoms with E-state index in [9.17, 15) is 8.42 Å². The summed E-state index contributed by atoms with van der Waals surface area (Å²) in [6.07, 6.45) is 1.65. The van der Waals surface area contributed by atoms with E-state index in [0.29, 0.717) is 17.4 Å². The molecule has 0 N–H and O–H groups in total. The van der Waals surface area contributed by atoms with Gasteiger partial charge < -0.3 is 0 Å². The summed E-state index contributed by atoms with van der Waals surface area (Å²) in [6, 6.07) is 6.45. The van der Waals surface area contributed by atoms with Crippen LogP contribution in [0.15, 0.2) is 18.2 Å². The molecule has 4 heteroatoms. The predicted octanol–water partition coefficient (Wildman–Crippen LogP) is 3.14. The third-order valence-corrected chi connectivity index (χ3v) is 6.39. The summed E-state index contributed by atoms with van der Waals surface area (Å²) in [5.41, 5.74) is 3.83. The van der Waals surface area contributed by atoms with Gasteiger partial charge in [-0.05, 0) is 55.2 Å². The van der Waals surface area contributed by atoms with E-state index in [4.69, 9.17) is 11.6 Å². The second kappa shape index (κ2) is 5.84. The Morgan fingerprint density at radius 1 is 1.32 bits per heavy atom. The lowest BCUT2D eigenvalue weighted by Gasteiger charge is -2.20. The first kappa shape index (κ1) is 14.9. The van der Waals surface area contributed by atoms with Crippen LogP contribution in [0.3, 0.4) is 0 Å². The lowest BCUT2D eigenvalue weighted by molar-refractivity contribution is 0.398. The summed E-state index contributed by atoms with van der Waals surface area (Å²) in [7, 11) is -2.82. The number of aryl methyl sites for hydroxylation is 2. The van der Waals surface area contributed by atoms with Crippen molar-refractivity contribution in [2.75, 3.05) is 17.4 Å². The third-order valence-electron chi connectivity index (χ3n) is 4.20. The highest BCUT2D eigenvalue weighted by molar-refractivity contribution is 7.91. The lowest BCUT2D eigenvalue weighted by atomic mass is 9.87. The standard InChI is InChI=1S/C15H21ClO2S/c1-11-3-4-13(7-12(11)2)8-15(9-16)14-5-6-19(17,18)10-14/h3-4,7,14-15H,5-6,8-10H2,1-2H3.